The monoisotopic (exact) mass is 1100 g/mol. The maximum absolute atomic E-state index is 9.52. The Hall–Kier alpha value is 0.790. The lowest BCUT2D eigenvalue weighted by molar-refractivity contribution is 0.467. The highest BCUT2D eigenvalue weighted by Crippen LogP contribution is 2.47. The largest absolute Gasteiger partial charge is 0.508 e. The zero-order valence-electron chi connectivity index (χ0n) is 18.6. The molecule has 4 rings (SSSR count). The minimum Gasteiger partial charge on any atom is -0.508 e. The predicted molar refractivity (Wildman–Crippen MR) is 189 cm³/mol. The molecule has 39 heavy (non-hydrogen) atoms. The van der Waals surface area contributed by atoms with Crippen LogP contribution in [0.2, 0.25) is 15.1 Å². The van der Waals surface area contributed by atoms with Gasteiger partial charge in [-0.3, -0.25) is 0 Å². The summed E-state index contributed by atoms with van der Waals surface area (Å²) in [5.74, 6) is 0.579. The van der Waals surface area contributed by atoms with E-state index < -0.39 is 0 Å². The summed E-state index contributed by atoms with van der Waals surface area (Å²) in [5, 5.41) is 37.1. The molecule has 4 N–H and O–H groups in total. The van der Waals surface area contributed by atoms with Gasteiger partial charge >= 0.3 is 0 Å². The first-order chi connectivity index (χ1) is 18.1. The van der Waals surface area contributed by atoms with E-state index >= 15 is 0 Å². The molecule has 0 heterocycles. The molecule has 0 atom stereocenters. The molecule has 0 aliphatic rings. The van der Waals surface area contributed by atoms with Crippen LogP contribution >= 0.6 is 162 Å². The number of hydrogen-bond acceptors (Lipinski definition) is 4. The Bertz CT molecular complexity index is 1220. The molecule has 4 aromatic rings. The van der Waals surface area contributed by atoms with Crippen molar-refractivity contribution in [3.8, 4) is 23.0 Å². The van der Waals surface area contributed by atoms with Crippen molar-refractivity contribution in [1.29, 1.82) is 0 Å². The van der Waals surface area contributed by atoms with E-state index in [9.17, 15) is 10.2 Å². The van der Waals surface area contributed by atoms with Gasteiger partial charge in [-0.1, -0.05) is 68.9 Å². The average Bonchev–Trinajstić information content (AvgIpc) is 2.88. The number of aromatic hydroxyl groups is 4. The highest BCUT2D eigenvalue weighted by atomic mass is 79.9. The summed E-state index contributed by atoms with van der Waals surface area (Å²) in [5.41, 5.74) is 0. The van der Waals surface area contributed by atoms with E-state index in [4.69, 9.17) is 45.0 Å². The van der Waals surface area contributed by atoms with Crippen LogP contribution < -0.4 is 0 Å². The Labute approximate surface area is 307 Å². The zero-order chi connectivity index (χ0) is 30.0. The van der Waals surface area contributed by atoms with Crippen LogP contribution in [-0.2, 0) is 0 Å². The molecule has 0 bridgehead atoms. The van der Waals surface area contributed by atoms with Crippen LogP contribution in [-0.4, -0.2) is 20.4 Å². The van der Waals surface area contributed by atoms with Gasteiger partial charge in [0.05, 0.1) is 36.9 Å². The smallest absolute Gasteiger partial charge is 0.152 e. The summed E-state index contributed by atoms with van der Waals surface area (Å²) in [6, 6.07) is 15.1. The van der Waals surface area contributed by atoms with Gasteiger partial charge in [0, 0.05) is 14.0 Å². The molecule has 0 saturated carbocycles. The normalized spacial score (nSPS) is 9.82. The highest BCUT2D eigenvalue weighted by Gasteiger charge is 2.16. The van der Waals surface area contributed by atoms with Crippen LogP contribution in [0.3, 0.4) is 0 Å². The van der Waals surface area contributed by atoms with Crippen LogP contribution in [0, 0.1) is 0 Å². The Morgan fingerprint density at radius 2 is 0.846 bits per heavy atom. The van der Waals surface area contributed by atoms with Crippen LogP contribution in [0.1, 0.15) is 0 Å². The van der Waals surface area contributed by atoms with E-state index in [2.05, 4.69) is 127 Å². The lowest BCUT2D eigenvalue weighted by atomic mass is 10.3. The Morgan fingerprint density at radius 1 is 0.462 bits per heavy atom. The van der Waals surface area contributed by atoms with Gasteiger partial charge in [0.15, 0.2) is 5.75 Å². The molecule has 0 spiro atoms. The van der Waals surface area contributed by atoms with Crippen LogP contribution in [0.15, 0.2) is 90.4 Å². The van der Waals surface area contributed by atoms with Crippen LogP contribution in [0.4, 0.5) is 0 Å². The van der Waals surface area contributed by atoms with E-state index in [1.807, 2.05) is 6.07 Å². The second-order valence-electron chi connectivity index (χ2n) is 6.69. The van der Waals surface area contributed by atoms with Crippen molar-refractivity contribution in [2.45, 2.75) is 0 Å². The van der Waals surface area contributed by atoms with E-state index in [-0.39, 0.29) is 27.3 Å². The third-order valence-electron chi connectivity index (χ3n) is 3.91. The topological polar surface area (TPSA) is 80.9 Å². The van der Waals surface area contributed by atoms with Crippen molar-refractivity contribution < 1.29 is 20.4 Å². The highest BCUT2D eigenvalue weighted by molar-refractivity contribution is 9.16. The second-order valence-corrected chi connectivity index (χ2v) is 14.5. The fraction of sp³-hybridized carbons (Fsp3) is 0. The van der Waals surface area contributed by atoms with Gasteiger partial charge in [0.1, 0.15) is 17.2 Å². The number of rotatable bonds is 0. The van der Waals surface area contributed by atoms with E-state index in [1.165, 1.54) is 12.1 Å². The Kier molecular flexibility index (Phi) is 17.9. The fourth-order valence-electron chi connectivity index (χ4n) is 2.09. The third kappa shape index (κ3) is 12.5. The number of hydrogen-bond donors (Lipinski definition) is 4. The quantitative estimate of drug-likeness (QED) is 0.104. The Morgan fingerprint density at radius 3 is 1.21 bits per heavy atom. The van der Waals surface area contributed by atoms with Gasteiger partial charge in [-0.2, -0.15) is 0 Å². The molecule has 0 aliphatic carbocycles. The van der Waals surface area contributed by atoms with E-state index in [0.717, 1.165) is 17.9 Å². The van der Waals surface area contributed by atoms with Crippen molar-refractivity contribution in [3.63, 3.8) is 0 Å². The standard InChI is InChI=1S/C6HBr5O.C6H3Br3O.C6H3Cl3O.C6H6O/c7-1-2(8)4(10)6(12)5(11)3(1)9;2*7-3-1-4(8)6(10)5(9)2-3;7-6-4-2-1-3-5-6/h12H;2*1-2,10H;1-5,7H. The molecule has 210 valence electrons. The summed E-state index contributed by atoms with van der Waals surface area (Å²) in [6.45, 7) is 0. The number of phenols is 4. The SMILES string of the molecule is Oc1c(Br)c(Br)c(Br)c(Br)c1Br.Oc1c(Br)cc(Br)cc1Br.Oc1c(Cl)cc(Cl)cc1Cl.Oc1ccccc1. The summed E-state index contributed by atoms with van der Waals surface area (Å²) in [6.07, 6.45) is 0. The van der Waals surface area contributed by atoms with E-state index in [0.29, 0.717) is 28.7 Å². The molecule has 0 amide bonds. The lowest BCUT2D eigenvalue weighted by Gasteiger charge is -2.07. The predicted octanol–water partition coefficient (Wildman–Crippen LogP) is 13.6. The number of benzene rings is 4. The molecule has 0 fully saturated rings. The van der Waals surface area contributed by atoms with Gasteiger partial charge in [-0.15, -0.1) is 0 Å². The van der Waals surface area contributed by atoms with Crippen molar-refractivity contribution in [3.05, 3.63) is 105 Å². The summed E-state index contributed by atoms with van der Waals surface area (Å²) < 4.78 is 5.89. The van der Waals surface area contributed by atoms with Gasteiger partial charge in [-0.05, 0) is 148 Å². The summed E-state index contributed by atoms with van der Waals surface area (Å²) in [7, 11) is 0. The van der Waals surface area contributed by atoms with Gasteiger partial charge in [-0.25, -0.2) is 0 Å². The summed E-state index contributed by atoms with van der Waals surface area (Å²) in [4.78, 5) is 0. The van der Waals surface area contributed by atoms with Crippen LogP contribution in [0.25, 0.3) is 0 Å². The van der Waals surface area contributed by atoms with Crippen LogP contribution in [0.5, 0.6) is 23.0 Å². The molecule has 15 heteroatoms. The first kappa shape index (κ1) is 37.8. The van der Waals surface area contributed by atoms with Crippen molar-refractivity contribution >= 4 is 162 Å². The minimum atomic E-state index is -0.132. The first-order valence-electron chi connectivity index (χ1n) is 9.69. The molecule has 4 nitrogen and oxygen atoms in total. The molecule has 0 radical (unpaired) electrons. The first-order valence-corrected chi connectivity index (χ1v) is 17.2. The van der Waals surface area contributed by atoms with Crippen molar-refractivity contribution in [2.24, 2.45) is 0 Å². The molecular weight excluding hydrogens is 1100 g/mol. The molecule has 4 aromatic carbocycles. The maximum Gasteiger partial charge on any atom is 0.152 e. The fourth-order valence-corrected chi connectivity index (χ4v) is 8.19. The number of para-hydroxylation sites is 1. The molecule has 0 unspecified atom stereocenters. The van der Waals surface area contributed by atoms with E-state index in [1.54, 1.807) is 36.4 Å². The van der Waals surface area contributed by atoms with Gasteiger partial charge in [0.2, 0.25) is 0 Å². The van der Waals surface area contributed by atoms with Crippen molar-refractivity contribution in [2.75, 3.05) is 0 Å². The molecule has 0 aliphatic heterocycles. The average molecular weight is 1110 g/mol. The molecule has 0 aromatic heterocycles. The third-order valence-corrected chi connectivity index (χ3v) is 12.4. The number of halogens is 11. The lowest BCUT2D eigenvalue weighted by Crippen LogP contribution is -1.80. The minimum absolute atomic E-state index is 0.132. The van der Waals surface area contributed by atoms with Gasteiger partial charge in [0.25, 0.3) is 0 Å². The number of phenolic OH excluding ortho intramolecular Hbond substituents is 4. The van der Waals surface area contributed by atoms with Crippen molar-refractivity contribution in [1.82, 2.24) is 0 Å². The zero-order valence-corrected chi connectivity index (χ0v) is 33.6. The van der Waals surface area contributed by atoms with Gasteiger partial charge < -0.3 is 20.4 Å². The molecular formula is C24H13Br8Cl3O4. The summed E-state index contributed by atoms with van der Waals surface area (Å²) >= 11 is 42.6. The second kappa shape index (κ2) is 18.5. The molecule has 0 saturated heterocycles. The maximum atomic E-state index is 9.52. The Balaban J connectivity index is 0.000000264.